The number of hydrogen-bond donors (Lipinski definition) is 0. The lowest BCUT2D eigenvalue weighted by molar-refractivity contribution is -0.142. The number of hydrogen-bond acceptors (Lipinski definition) is 6. The molecule has 1 rings (SSSR count). The molecule has 0 radical (unpaired) electrons. The normalized spacial score (nSPS) is 16.9. The highest BCUT2D eigenvalue weighted by atomic mass is 16.5. The van der Waals surface area contributed by atoms with Crippen LogP contribution in [0.1, 0.15) is 26.7 Å². The predicted molar refractivity (Wildman–Crippen MR) is 75.4 cm³/mol. The number of esters is 2. The van der Waals surface area contributed by atoms with Crippen LogP contribution in [0.3, 0.4) is 0 Å². The van der Waals surface area contributed by atoms with Gasteiger partial charge < -0.3 is 19.3 Å². The molecule has 0 atom stereocenters. The monoisotopic (exact) mass is 286 g/mol. The molecule has 0 aromatic rings. The standard InChI is InChI=1S/C14H26N2O4/c1-13(17)19-11-3-5-15-7-9-16(10-8-15)6-4-12-20-14(2)18/h3-12H2,1-2H3. The molecule has 0 saturated carbocycles. The van der Waals surface area contributed by atoms with E-state index < -0.39 is 0 Å². The van der Waals surface area contributed by atoms with Crippen LogP contribution < -0.4 is 0 Å². The van der Waals surface area contributed by atoms with Gasteiger partial charge in [0.1, 0.15) is 0 Å². The highest BCUT2D eigenvalue weighted by Gasteiger charge is 2.15. The maximum Gasteiger partial charge on any atom is 0.302 e. The third kappa shape index (κ3) is 8.12. The molecule has 1 heterocycles. The molecule has 0 aromatic heterocycles. The SMILES string of the molecule is CC(=O)OCCCN1CCN(CCCOC(C)=O)CC1. The molecule has 0 aliphatic carbocycles. The molecule has 0 unspecified atom stereocenters. The van der Waals surface area contributed by atoms with Crippen LogP contribution in [0.2, 0.25) is 0 Å². The lowest BCUT2D eigenvalue weighted by Gasteiger charge is -2.34. The lowest BCUT2D eigenvalue weighted by Crippen LogP contribution is -2.47. The van der Waals surface area contributed by atoms with Crippen molar-refractivity contribution in [2.75, 3.05) is 52.5 Å². The Labute approximate surface area is 121 Å². The molecule has 1 saturated heterocycles. The predicted octanol–water partition coefficient (Wildman–Crippen LogP) is 0.510. The topological polar surface area (TPSA) is 59.1 Å². The second kappa shape index (κ2) is 9.72. The summed E-state index contributed by atoms with van der Waals surface area (Å²) in [6, 6.07) is 0. The summed E-state index contributed by atoms with van der Waals surface area (Å²) in [6.07, 6.45) is 1.79. The fraction of sp³-hybridized carbons (Fsp3) is 0.857. The van der Waals surface area contributed by atoms with Crippen molar-refractivity contribution in [1.82, 2.24) is 9.80 Å². The van der Waals surface area contributed by atoms with Gasteiger partial charge in [-0.2, -0.15) is 0 Å². The van der Waals surface area contributed by atoms with Gasteiger partial charge in [-0.05, 0) is 12.8 Å². The third-order valence-electron chi connectivity index (χ3n) is 3.31. The number of ether oxygens (including phenoxy) is 2. The van der Waals surface area contributed by atoms with Crippen molar-refractivity contribution in [2.45, 2.75) is 26.7 Å². The summed E-state index contributed by atoms with van der Waals surface area (Å²) in [5.74, 6) is -0.412. The van der Waals surface area contributed by atoms with Gasteiger partial charge in [0.25, 0.3) is 0 Å². The lowest BCUT2D eigenvalue weighted by atomic mass is 10.2. The highest BCUT2D eigenvalue weighted by Crippen LogP contribution is 2.03. The van der Waals surface area contributed by atoms with E-state index in [9.17, 15) is 9.59 Å². The van der Waals surface area contributed by atoms with E-state index in [1.54, 1.807) is 0 Å². The van der Waals surface area contributed by atoms with Gasteiger partial charge in [-0.1, -0.05) is 0 Å². The minimum Gasteiger partial charge on any atom is -0.466 e. The average Bonchev–Trinajstić information content (AvgIpc) is 2.41. The Morgan fingerprint density at radius 3 is 1.45 bits per heavy atom. The summed E-state index contributed by atoms with van der Waals surface area (Å²) in [5.41, 5.74) is 0. The summed E-state index contributed by atoms with van der Waals surface area (Å²) >= 11 is 0. The van der Waals surface area contributed by atoms with Gasteiger partial charge in [-0.25, -0.2) is 0 Å². The largest absolute Gasteiger partial charge is 0.466 e. The molecule has 1 aliphatic heterocycles. The van der Waals surface area contributed by atoms with Crippen LogP contribution in [-0.4, -0.2) is 74.2 Å². The molecule has 6 heteroatoms. The third-order valence-corrected chi connectivity index (χ3v) is 3.31. The van der Waals surface area contributed by atoms with Crippen molar-refractivity contribution in [3.63, 3.8) is 0 Å². The average molecular weight is 286 g/mol. The molecule has 20 heavy (non-hydrogen) atoms. The van der Waals surface area contributed by atoms with E-state index >= 15 is 0 Å². The molecule has 6 nitrogen and oxygen atoms in total. The van der Waals surface area contributed by atoms with Gasteiger partial charge >= 0.3 is 11.9 Å². The van der Waals surface area contributed by atoms with Crippen LogP contribution in [0, 0.1) is 0 Å². The van der Waals surface area contributed by atoms with Crippen LogP contribution in [0.15, 0.2) is 0 Å². The van der Waals surface area contributed by atoms with Gasteiger partial charge in [0.15, 0.2) is 0 Å². The van der Waals surface area contributed by atoms with Crippen molar-refractivity contribution in [2.24, 2.45) is 0 Å². The van der Waals surface area contributed by atoms with Crippen molar-refractivity contribution in [3.05, 3.63) is 0 Å². The van der Waals surface area contributed by atoms with E-state index in [1.165, 1.54) is 13.8 Å². The first kappa shape index (κ1) is 16.9. The molecule has 0 spiro atoms. The number of piperazine rings is 1. The summed E-state index contributed by atoms with van der Waals surface area (Å²) in [6.45, 7) is 10.1. The number of nitrogens with zero attached hydrogens (tertiary/aromatic N) is 2. The van der Waals surface area contributed by atoms with E-state index in [4.69, 9.17) is 9.47 Å². The Bertz CT molecular complexity index is 272. The van der Waals surface area contributed by atoms with Gasteiger partial charge in [0.2, 0.25) is 0 Å². The van der Waals surface area contributed by atoms with Crippen molar-refractivity contribution in [3.8, 4) is 0 Å². The minimum atomic E-state index is -0.206. The maximum atomic E-state index is 10.6. The van der Waals surface area contributed by atoms with Gasteiger partial charge in [-0.15, -0.1) is 0 Å². The van der Waals surface area contributed by atoms with E-state index in [-0.39, 0.29) is 11.9 Å². The Kier molecular flexibility index (Phi) is 8.22. The van der Waals surface area contributed by atoms with Crippen LogP contribution in [0.4, 0.5) is 0 Å². The first-order chi connectivity index (χ1) is 9.58. The van der Waals surface area contributed by atoms with E-state index in [0.29, 0.717) is 13.2 Å². The molecule has 0 aromatic carbocycles. The summed E-state index contributed by atoms with van der Waals surface area (Å²) in [7, 11) is 0. The minimum absolute atomic E-state index is 0.206. The highest BCUT2D eigenvalue weighted by molar-refractivity contribution is 5.66. The van der Waals surface area contributed by atoms with Crippen molar-refractivity contribution < 1.29 is 19.1 Å². The van der Waals surface area contributed by atoms with E-state index in [2.05, 4.69) is 9.80 Å². The molecular formula is C14H26N2O4. The zero-order chi connectivity index (χ0) is 14.8. The van der Waals surface area contributed by atoms with Crippen LogP contribution in [-0.2, 0) is 19.1 Å². The second-order valence-electron chi connectivity index (χ2n) is 5.07. The Morgan fingerprint density at radius 2 is 1.15 bits per heavy atom. The van der Waals surface area contributed by atoms with Gasteiger partial charge in [0.05, 0.1) is 13.2 Å². The quantitative estimate of drug-likeness (QED) is 0.479. The Balaban J connectivity index is 1.99. The second-order valence-corrected chi connectivity index (χ2v) is 5.07. The maximum absolute atomic E-state index is 10.6. The van der Waals surface area contributed by atoms with Crippen molar-refractivity contribution >= 4 is 11.9 Å². The molecular weight excluding hydrogens is 260 g/mol. The Hall–Kier alpha value is -1.14. The van der Waals surface area contributed by atoms with E-state index in [0.717, 1.165) is 52.1 Å². The fourth-order valence-electron chi connectivity index (χ4n) is 2.24. The summed E-state index contributed by atoms with van der Waals surface area (Å²) in [5, 5.41) is 0. The van der Waals surface area contributed by atoms with Crippen LogP contribution in [0.5, 0.6) is 0 Å². The number of rotatable bonds is 8. The first-order valence-corrected chi connectivity index (χ1v) is 7.29. The summed E-state index contributed by atoms with van der Waals surface area (Å²) in [4.78, 5) is 26.1. The fourth-order valence-corrected chi connectivity index (χ4v) is 2.24. The molecule has 0 amide bonds. The summed E-state index contributed by atoms with van der Waals surface area (Å²) < 4.78 is 9.84. The zero-order valence-corrected chi connectivity index (χ0v) is 12.6. The van der Waals surface area contributed by atoms with Crippen molar-refractivity contribution in [1.29, 1.82) is 0 Å². The van der Waals surface area contributed by atoms with E-state index in [1.807, 2.05) is 0 Å². The molecule has 1 fully saturated rings. The van der Waals surface area contributed by atoms with Gasteiger partial charge in [0, 0.05) is 53.1 Å². The molecule has 116 valence electrons. The van der Waals surface area contributed by atoms with Gasteiger partial charge in [-0.3, -0.25) is 9.59 Å². The Morgan fingerprint density at radius 1 is 0.800 bits per heavy atom. The molecule has 0 N–H and O–H groups in total. The first-order valence-electron chi connectivity index (χ1n) is 7.29. The van der Waals surface area contributed by atoms with Crippen LogP contribution in [0.25, 0.3) is 0 Å². The number of carbonyl (C=O) groups is 2. The molecule has 1 aliphatic rings. The zero-order valence-electron chi connectivity index (χ0n) is 12.6. The number of carbonyl (C=O) groups excluding carboxylic acids is 2. The van der Waals surface area contributed by atoms with Crippen LogP contribution >= 0.6 is 0 Å². The smallest absolute Gasteiger partial charge is 0.302 e. The molecule has 0 bridgehead atoms.